The van der Waals surface area contributed by atoms with Crippen LogP contribution in [0.25, 0.3) is 0 Å². The fourth-order valence-electron chi connectivity index (χ4n) is 2.77. The van der Waals surface area contributed by atoms with Crippen LogP contribution in [0.4, 0.5) is 5.69 Å². The molecule has 1 aromatic rings. The highest BCUT2D eigenvalue weighted by atomic mass is 16.5. The molecule has 17 heavy (non-hydrogen) atoms. The van der Waals surface area contributed by atoms with Crippen molar-refractivity contribution in [3.63, 3.8) is 0 Å². The molecule has 2 aliphatic heterocycles. The van der Waals surface area contributed by atoms with Gasteiger partial charge < -0.3 is 9.64 Å². The fraction of sp³-hybridized carbons (Fsp3) is 0.538. The number of ether oxygens (including phenoxy) is 1. The highest BCUT2D eigenvalue weighted by Crippen LogP contribution is 2.39. The Labute approximate surface area is 101 Å². The zero-order valence-electron chi connectivity index (χ0n) is 9.72. The highest BCUT2D eigenvalue weighted by molar-refractivity contribution is 5.47. The lowest BCUT2D eigenvalue weighted by Gasteiger charge is -2.23. The van der Waals surface area contributed by atoms with E-state index >= 15 is 0 Å². The lowest BCUT2D eigenvalue weighted by atomic mass is 9.87. The molecule has 2 fully saturated rings. The van der Waals surface area contributed by atoms with Crippen molar-refractivity contribution in [2.45, 2.75) is 12.8 Å². The lowest BCUT2D eigenvalue weighted by molar-refractivity contribution is 0.160. The van der Waals surface area contributed by atoms with Gasteiger partial charge in [0, 0.05) is 25.1 Å². The van der Waals surface area contributed by atoms with E-state index in [1.165, 1.54) is 12.8 Å². The summed E-state index contributed by atoms with van der Waals surface area (Å²) in [5.74, 6) is 0. The lowest BCUT2D eigenvalue weighted by Crippen LogP contribution is -2.27. The van der Waals surface area contributed by atoms with E-state index in [2.05, 4.69) is 9.88 Å². The van der Waals surface area contributed by atoms with Crippen LogP contribution in [-0.4, -0.2) is 31.3 Å². The molecule has 1 atom stereocenters. The Morgan fingerprint density at radius 2 is 2.35 bits per heavy atom. The number of nitriles is 1. The zero-order valence-corrected chi connectivity index (χ0v) is 9.72. The van der Waals surface area contributed by atoms with Crippen LogP contribution in [-0.2, 0) is 4.74 Å². The molecule has 3 rings (SSSR count). The van der Waals surface area contributed by atoms with E-state index < -0.39 is 0 Å². The second-order valence-electron chi connectivity index (χ2n) is 4.99. The average Bonchev–Trinajstić information content (AvgIpc) is 3.01. The van der Waals surface area contributed by atoms with E-state index in [0.717, 1.165) is 32.0 Å². The largest absolute Gasteiger partial charge is 0.381 e. The average molecular weight is 229 g/mol. The number of anilines is 1. The molecule has 2 saturated heterocycles. The molecule has 88 valence electrons. The van der Waals surface area contributed by atoms with Gasteiger partial charge in [0.1, 0.15) is 11.8 Å². The summed E-state index contributed by atoms with van der Waals surface area (Å²) in [6.45, 7) is 3.92. The molecular formula is C13H15N3O. The number of pyridine rings is 1. The first-order chi connectivity index (χ1) is 8.31. The van der Waals surface area contributed by atoms with Crippen molar-refractivity contribution < 1.29 is 4.74 Å². The highest BCUT2D eigenvalue weighted by Gasteiger charge is 2.41. The van der Waals surface area contributed by atoms with Crippen molar-refractivity contribution >= 4 is 5.69 Å². The van der Waals surface area contributed by atoms with E-state index in [1.807, 2.05) is 12.1 Å². The maximum Gasteiger partial charge on any atom is 0.140 e. The van der Waals surface area contributed by atoms with Crippen LogP contribution in [0.3, 0.4) is 0 Å². The van der Waals surface area contributed by atoms with E-state index in [4.69, 9.17) is 10.00 Å². The Kier molecular flexibility index (Phi) is 2.49. The number of nitrogens with zero attached hydrogens (tertiary/aromatic N) is 3. The van der Waals surface area contributed by atoms with Gasteiger partial charge in [-0.1, -0.05) is 0 Å². The fourth-order valence-corrected chi connectivity index (χ4v) is 2.77. The molecular weight excluding hydrogens is 214 g/mol. The van der Waals surface area contributed by atoms with Crippen LogP contribution < -0.4 is 4.90 Å². The van der Waals surface area contributed by atoms with Gasteiger partial charge in [-0.15, -0.1) is 0 Å². The minimum atomic E-state index is 0.369. The van der Waals surface area contributed by atoms with Gasteiger partial charge in [-0.05, 0) is 25.0 Å². The summed E-state index contributed by atoms with van der Waals surface area (Å²) >= 11 is 0. The van der Waals surface area contributed by atoms with Crippen molar-refractivity contribution in [3.05, 3.63) is 24.0 Å². The van der Waals surface area contributed by atoms with Crippen molar-refractivity contribution in [1.82, 2.24) is 4.98 Å². The van der Waals surface area contributed by atoms with Gasteiger partial charge in [0.15, 0.2) is 0 Å². The summed E-state index contributed by atoms with van der Waals surface area (Å²) < 4.78 is 5.52. The third-order valence-electron chi connectivity index (χ3n) is 3.85. The molecule has 3 heterocycles. The first-order valence-corrected chi connectivity index (χ1v) is 6.00. The molecule has 4 nitrogen and oxygen atoms in total. The number of rotatable bonds is 1. The van der Waals surface area contributed by atoms with E-state index in [0.29, 0.717) is 11.1 Å². The van der Waals surface area contributed by atoms with Crippen molar-refractivity contribution in [2.24, 2.45) is 5.41 Å². The molecule has 0 saturated carbocycles. The minimum Gasteiger partial charge on any atom is -0.381 e. The van der Waals surface area contributed by atoms with Gasteiger partial charge >= 0.3 is 0 Å². The second kappa shape index (κ2) is 4.01. The third-order valence-corrected chi connectivity index (χ3v) is 3.85. The predicted octanol–water partition coefficient (Wildman–Crippen LogP) is 1.57. The van der Waals surface area contributed by atoms with Crippen LogP contribution >= 0.6 is 0 Å². The monoisotopic (exact) mass is 229 g/mol. The summed E-state index contributed by atoms with van der Waals surface area (Å²) in [6, 6.07) is 5.81. The van der Waals surface area contributed by atoms with Crippen LogP contribution in [0.2, 0.25) is 0 Å². The topological polar surface area (TPSA) is 49.2 Å². The van der Waals surface area contributed by atoms with Crippen molar-refractivity contribution in [3.8, 4) is 6.07 Å². The minimum absolute atomic E-state index is 0.369. The smallest absolute Gasteiger partial charge is 0.140 e. The van der Waals surface area contributed by atoms with Gasteiger partial charge in [0.25, 0.3) is 0 Å². The van der Waals surface area contributed by atoms with Crippen LogP contribution in [0.15, 0.2) is 18.3 Å². The number of hydrogen-bond donors (Lipinski definition) is 0. The van der Waals surface area contributed by atoms with E-state index in [1.54, 1.807) is 12.3 Å². The molecule has 0 unspecified atom stereocenters. The zero-order chi connectivity index (χ0) is 11.7. The third kappa shape index (κ3) is 1.87. The molecule has 1 aromatic heterocycles. The Bertz CT molecular complexity index is 443. The normalized spacial score (nSPS) is 27.6. The molecule has 4 heteroatoms. The van der Waals surface area contributed by atoms with E-state index in [9.17, 15) is 0 Å². The summed E-state index contributed by atoms with van der Waals surface area (Å²) in [5, 5.41) is 8.72. The molecule has 0 aromatic carbocycles. The van der Waals surface area contributed by atoms with Gasteiger partial charge in [-0.3, -0.25) is 0 Å². The van der Waals surface area contributed by atoms with Gasteiger partial charge in [-0.2, -0.15) is 5.26 Å². The first kappa shape index (κ1) is 10.5. The molecule has 0 bridgehead atoms. The van der Waals surface area contributed by atoms with Crippen LogP contribution in [0.5, 0.6) is 0 Å². The molecule has 0 amide bonds. The SMILES string of the molecule is N#Cc1ccc(N2CC[C@]3(CCOC3)C2)cn1. The van der Waals surface area contributed by atoms with Crippen molar-refractivity contribution in [2.75, 3.05) is 31.2 Å². The second-order valence-corrected chi connectivity index (χ2v) is 4.99. The predicted molar refractivity (Wildman–Crippen MR) is 63.7 cm³/mol. The van der Waals surface area contributed by atoms with Crippen LogP contribution in [0, 0.1) is 16.7 Å². The molecule has 0 aliphatic carbocycles. The summed E-state index contributed by atoms with van der Waals surface area (Å²) in [4.78, 5) is 6.47. The maximum absolute atomic E-state index is 8.72. The number of aromatic nitrogens is 1. The molecule has 0 N–H and O–H groups in total. The van der Waals surface area contributed by atoms with Crippen LogP contribution in [0.1, 0.15) is 18.5 Å². The number of hydrogen-bond acceptors (Lipinski definition) is 4. The Morgan fingerprint density at radius 1 is 1.41 bits per heavy atom. The van der Waals surface area contributed by atoms with Gasteiger partial charge in [0.05, 0.1) is 18.5 Å². The van der Waals surface area contributed by atoms with Gasteiger partial charge in [-0.25, -0.2) is 4.98 Å². The summed E-state index contributed by atoms with van der Waals surface area (Å²) in [6.07, 6.45) is 4.17. The molecule has 1 spiro atoms. The molecule has 0 radical (unpaired) electrons. The Morgan fingerprint density at radius 3 is 3.00 bits per heavy atom. The summed E-state index contributed by atoms with van der Waals surface area (Å²) in [7, 11) is 0. The van der Waals surface area contributed by atoms with Gasteiger partial charge in [0.2, 0.25) is 0 Å². The quantitative estimate of drug-likeness (QED) is 0.733. The maximum atomic E-state index is 8.72. The first-order valence-electron chi connectivity index (χ1n) is 6.00. The molecule has 2 aliphatic rings. The standard InChI is InChI=1S/C13H15N3O/c14-7-11-1-2-12(8-15-11)16-5-3-13(9-16)4-6-17-10-13/h1-2,8H,3-6,9-10H2/t13-/m0/s1. The van der Waals surface area contributed by atoms with E-state index in [-0.39, 0.29) is 0 Å². The summed E-state index contributed by atoms with van der Waals surface area (Å²) in [5.41, 5.74) is 1.97. The Hall–Kier alpha value is -1.60. The Balaban J connectivity index is 1.75. The van der Waals surface area contributed by atoms with Crippen molar-refractivity contribution in [1.29, 1.82) is 5.26 Å².